The van der Waals surface area contributed by atoms with Crippen LogP contribution in [0, 0.1) is 13.8 Å². The predicted molar refractivity (Wildman–Crippen MR) is 135 cm³/mol. The summed E-state index contributed by atoms with van der Waals surface area (Å²) in [5.41, 5.74) is 3.59. The van der Waals surface area contributed by atoms with Crippen molar-refractivity contribution in [1.29, 1.82) is 0 Å². The van der Waals surface area contributed by atoms with Crippen LogP contribution in [-0.2, 0) is 11.3 Å². The molecule has 2 N–H and O–H groups in total. The molecule has 0 unspecified atom stereocenters. The molecule has 0 bridgehead atoms. The third kappa shape index (κ3) is 6.04. The molecular weight excluding hydrogens is 466 g/mol. The van der Waals surface area contributed by atoms with Gasteiger partial charge in [-0.25, -0.2) is 4.98 Å². The first-order valence-corrected chi connectivity index (χ1v) is 11.3. The first kappa shape index (κ1) is 24.0. The number of nitrogens with zero attached hydrogens (tertiary/aromatic N) is 3. The molecule has 35 heavy (non-hydrogen) atoms. The van der Waals surface area contributed by atoms with E-state index in [9.17, 15) is 9.59 Å². The summed E-state index contributed by atoms with van der Waals surface area (Å²) in [5, 5.41) is 10.6. The summed E-state index contributed by atoms with van der Waals surface area (Å²) in [7, 11) is 0. The van der Waals surface area contributed by atoms with E-state index in [0.29, 0.717) is 28.8 Å². The number of aryl methyl sites for hydroxylation is 1. The van der Waals surface area contributed by atoms with Crippen molar-refractivity contribution in [1.82, 2.24) is 14.8 Å². The number of amides is 2. The van der Waals surface area contributed by atoms with E-state index in [1.165, 1.54) is 6.20 Å². The summed E-state index contributed by atoms with van der Waals surface area (Å²) < 4.78 is 7.54. The van der Waals surface area contributed by atoms with Gasteiger partial charge in [-0.1, -0.05) is 54.1 Å². The lowest BCUT2D eigenvalue weighted by molar-refractivity contribution is -0.118. The molecule has 4 aromatic rings. The molecule has 0 aliphatic rings. The zero-order valence-electron chi connectivity index (χ0n) is 19.3. The van der Waals surface area contributed by atoms with Crippen LogP contribution in [0.15, 0.2) is 72.9 Å². The Bertz CT molecular complexity index is 1340. The van der Waals surface area contributed by atoms with E-state index >= 15 is 0 Å². The Labute approximate surface area is 207 Å². The molecule has 0 radical (unpaired) electrons. The maximum atomic E-state index is 12.7. The zero-order chi connectivity index (χ0) is 24.8. The van der Waals surface area contributed by atoms with E-state index in [4.69, 9.17) is 16.3 Å². The van der Waals surface area contributed by atoms with Gasteiger partial charge in [-0.05, 0) is 43.7 Å². The van der Waals surface area contributed by atoms with Gasteiger partial charge in [0.25, 0.3) is 11.8 Å². The highest BCUT2D eigenvalue weighted by Crippen LogP contribution is 2.22. The Balaban J connectivity index is 1.40. The number of para-hydroxylation sites is 1. The average Bonchev–Trinajstić information content (AvgIpc) is 3.12. The SMILES string of the molecule is Cc1nn(Cc2ccccc2)c(C)c1NC(=O)COc1ccccc1C(=O)Nc1ccc(Cl)cn1. The number of carbonyl (C=O) groups is 2. The third-order valence-corrected chi connectivity index (χ3v) is 5.50. The number of nitrogens with one attached hydrogen (secondary N) is 2. The van der Waals surface area contributed by atoms with Gasteiger partial charge in [0.05, 0.1) is 34.2 Å². The van der Waals surface area contributed by atoms with Gasteiger partial charge in [0, 0.05) is 6.20 Å². The second-order valence-corrected chi connectivity index (χ2v) is 8.27. The van der Waals surface area contributed by atoms with E-state index in [2.05, 4.69) is 20.7 Å². The lowest BCUT2D eigenvalue weighted by Crippen LogP contribution is -2.22. The predicted octanol–water partition coefficient (Wildman–Crippen LogP) is 4.87. The highest BCUT2D eigenvalue weighted by atomic mass is 35.5. The molecule has 178 valence electrons. The molecule has 8 nitrogen and oxygen atoms in total. The van der Waals surface area contributed by atoms with Crippen LogP contribution in [0.3, 0.4) is 0 Å². The van der Waals surface area contributed by atoms with E-state index in [1.807, 2.05) is 48.9 Å². The normalized spacial score (nSPS) is 10.6. The Hall–Kier alpha value is -4.17. The fourth-order valence-corrected chi connectivity index (χ4v) is 3.63. The van der Waals surface area contributed by atoms with Crippen LogP contribution in [0.1, 0.15) is 27.3 Å². The molecule has 0 saturated heterocycles. The molecule has 0 fully saturated rings. The Kier molecular flexibility index (Phi) is 7.42. The number of hydrogen-bond donors (Lipinski definition) is 2. The monoisotopic (exact) mass is 489 g/mol. The van der Waals surface area contributed by atoms with Gasteiger partial charge in [0.15, 0.2) is 6.61 Å². The van der Waals surface area contributed by atoms with Gasteiger partial charge in [0.1, 0.15) is 11.6 Å². The number of rotatable bonds is 8. The van der Waals surface area contributed by atoms with E-state index in [-0.39, 0.29) is 23.8 Å². The summed E-state index contributed by atoms with van der Waals surface area (Å²) in [4.78, 5) is 29.5. The van der Waals surface area contributed by atoms with Crippen molar-refractivity contribution >= 4 is 34.9 Å². The molecule has 0 aliphatic heterocycles. The summed E-state index contributed by atoms with van der Waals surface area (Å²) in [6.45, 7) is 4.08. The maximum absolute atomic E-state index is 12.7. The Morgan fingerprint density at radius 2 is 1.71 bits per heavy atom. The fourth-order valence-electron chi connectivity index (χ4n) is 3.52. The van der Waals surface area contributed by atoms with Crippen LogP contribution in [0.4, 0.5) is 11.5 Å². The molecule has 2 aromatic heterocycles. The van der Waals surface area contributed by atoms with Crippen molar-refractivity contribution in [3.63, 3.8) is 0 Å². The molecule has 0 atom stereocenters. The number of pyridine rings is 1. The van der Waals surface area contributed by atoms with Crippen LogP contribution in [0.5, 0.6) is 5.75 Å². The second-order valence-electron chi connectivity index (χ2n) is 7.84. The van der Waals surface area contributed by atoms with Gasteiger partial charge in [0.2, 0.25) is 0 Å². The molecule has 0 aliphatic carbocycles. The van der Waals surface area contributed by atoms with Crippen LogP contribution >= 0.6 is 11.6 Å². The van der Waals surface area contributed by atoms with Crippen molar-refractivity contribution < 1.29 is 14.3 Å². The molecular formula is C26H24ClN5O3. The zero-order valence-corrected chi connectivity index (χ0v) is 20.0. The fraction of sp³-hybridized carbons (Fsp3) is 0.154. The maximum Gasteiger partial charge on any atom is 0.262 e. The number of hydrogen-bond acceptors (Lipinski definition) is 5. The largest absolute Gasteiger partial charge is 0.483 e. The lowest BCUT2D eigenvalue weighted by Gasteiger charge is -2.12. The van der Waals surface area contributed by atoms with Crippen molar-refractivity contribution in [2.75, 3.05) is 17.2 Å². The first-order valence-electron chi connectivity index (χ1n) is 10.9. The van der Waals surface area contributed by atoms with Crippen LogP contribution in [-0.4, -0.2) is 33.2 Å². The van der Waals surface area contributed by atoms with Gasteiger partial charge in [-0.15, -0.1) is 0 Å². The van der Waals surface area contributed by atoms with Crippen molar-refractivity contribution in [2.45, 2.75) is 20.4 Å². The topological polar surface area (TPSA) is 98.1 Å². The molecule has 0 spiro atoms. The lowest BCUT2D eigenvalue weighted by atomic mass is 10.2. The number of halogens is 1. The standard InChI is InChI=1S/C26H24ClN5O3/c1-17-25(18(2)32(31-17)15-19-8-4-3-5-9-19)30-24(33)16-35-22-11-7-6-10-21(22)26(34)29-23-13-12-20(27)14-28-23/h3-14H,15-16H2,1-2H3,(H,30,33)(H,28,29,34). The van der Waals surface area contributed by atoms with Gasteiger partial charge >= 0.3 is 0 Å². The third-order valence-electron chi connectivity index (χ3n) is 5.28. The van der Waals surface area contributed by atoms with Crippen LogP contribution in [0.2, 0.25) is 5.02 Å². The van der Waals surface area contributed by atoms with Gasteiger partial charge in [-0.2, -0.15) is 5.10 Å². The van der Waals surface area contributed by atoms with Crippen molar-refractivity contribution in [3.8, 4) is 5.75 Å². The van der Waals surface area contributed by atoms with E-state index in [0.717, 1.165) is 11.3 Å². The highest BCUT2D eigenvalue weighted by molar-refractivity contribution is 6.30. The van der Waals surface area contributed by atoms with E-state index < -0.39 is 5.91 Å². The Morgan fingerprint density at radius 1 is 0.971 bits per heavy atom. The Morgan fingerprint density at radius 3 is 2.46 bits per heavy atom. The first-order chi connectivity index (χ1) is 16.9. The average molecular weight is 490 g/mol. The van der Waals surface area contributed by atoms with Gasteiger partial charge in [-0.3, -0.25) is 14.3 Å². The minimum atomic E-state index is -0.412. The molecule has 9 heteroatoms. The van der Waals surface area contributed by atoms with E-state index in [1.54, 1.807) is 36.4 Å². The number of aromatic nitrogens is 3. The smallest absolute Gasteiger partial charge is 0.262 e. The number of benzene rings is 2. The molecule has 2 amide bonds. The minimum Gasteiger partial charge on any atom is -0.483 e. The van der Waals surface area contributed by atoms with Crippen LogP contribution < -0.4 is 15.4 Å². The van der Waals surface area contributed by atoms with Gasteiger partial charge < -0.3 is 15.4 Å². The quantitative estimate of drug-likeness (QED) is 0.368. The minimum absolute atomic E-state index is 0.272. The van der Waals surface area contributed by atoms with Crippen molar-refractivity contribution in [2.24, 2.45) is 0 Å². The highest BCUT2D eigenvalue weighted by Gasteiger charge is 2.17. The summed E-state index contributed by atoms with van der Waals surface area (Å²) in [6.07, 6.45) is 1.44. The number of carbonyl (C=O) groups excluding carboxylic acids is 2. The summed E-state index contributed by atoms with van der Waals surface area (Å²) >= 11 is 5.84. The summed E-state index contributed by atoms with van der Waals surface area (Å²) in [6, 6.07) is 19.9. The number of ether oxygens (including phenoxy) is 1. The molecule has 4 rings (SSSR count). The molecule has 2 aromatic carbocycles. The van der Waals surface area contributed by atoms with Crippen molar-refractivity contribution in [3.05, 3.63) is 100 Å². The number of anilines is 2. The molecule has 2 heterocycles. The summed E-state index contributed by atoms with van der Waals surface area (Å²) in [5.74, 6) is -0.137. The second kappa shape index (κ2) is 10.8. The molecule has 0 saturated carbocycles. The van der Waals surface area contributed by atoms with Crippen LogP contribution in [0.25, 0.3) is 0 Å².